The van der Waals surface area contributed by atoms with Crippen LogP contribution in [0.5, 0.6) is 0 Å². The molecule has 0 aliphatic carbocycles. The zero-order valence-electron chi connectivity index (χ0n) is 8.74. The Kier molecular flexibility index (Phi) is 2.41. The first kappa shape index (κ1) is 10.7. The molecule has 0 saturated heterocycles. The molecular weight excluding hydrogens is 260 g/mol. The van der Waals surface area contributed by atoms with Crippen LogP contribution in [0, 0.1) is 0 Å². The molecule has 3 aromatic rings. The number of hydrogen-bond acceptors (Lipinski definition) is 6. The molecule has 1 amide bonds. The van der Waals surface area contributed by atoms with Crippen LogP contribution in [0.3, 0.4) is 0 Å². The summed E-state index contributed by atoms with van der Waals surface area (Å²) in [4.78, 5) is 19.4. The SMILES string of the molecule is O=C(Nc1cnc(Cl)n2cnnc12)c1ncco1. The van der Waals surface area contributed by atoms with Crippen molar-refractivity contribution in [2.75, 3.05) is 5.32 Å². The van der Waals surface area contributed by atoms with Crippen molar-refractivity contribution in [2.24, 2.45) is 0 Å². The van der Waals surface area contributed by atoms with E-state index in [-0.39, 0.29) is 11.2 Å². The van der Waals surface area contributed by atoms with Crippen molar-refractivity contribution in [1.29, 1.82) is 0 Å². The molecule has 0 aliphatic heterocycles. The molecule has 0 radical (unpaired) electrons. The molecule has 0 spiro atoms. The second-order valence-corrected chi connectivity index (χ2v) is 3.59. The van der Waals surface area contributed by atoms with E-state index >= 15 is 0 Å². The first-order chi connectivity index (χ1) is 8.75. The Morgan fingerprint density at radius 2 is 2.33 bits per heavy atom. The summed E-state index contributed by atoms with van der Waals surface area (Å²) in [5.41, 5.74) is 0.745. The lowest BCUT2D eigenvalue weighted by Gasteiger charge is -2.03. The van der Waals surface area contributed by atoms with Crippen molar-refractivity contribution >= 4 is 28.8 Å². The highest BCUT2D eigenvalue weighted by Gasteiger charge is 2.14. The molecule has 0 saturated carbocycles. The Morgan fingerprint density at radius 3 is 3.11 bits per heavy atom. The first-order valence-corrected chi connectivity index (χ1v) is 5.18. The molecule has 0 fully saturated rings. The minimum atomic E-state index is -0.506. The molecule has 3 aromatic heterocycles. The Hall–Kier alpha value is -2.48. The van der Waals surface area contributed by atoms with E-state index in [1.54, 1.807) is 0 Å². The molecule has 1 N–H and O–H groups in total. The maximum atomic E-state index is 11.7. The maximum Gasteiger partial charge on any atom is 0.311 e. The van der Waals surface area contributed by atoms with Gasteiger partial charge in [0.2, 0.25) is 5.28 Å². The van der Waals surface area contributed by atoms with E-state index in [9.17, 15) is 4.79 Å². The smallest absolute Gasteiger partial charge is 0.311 e. The maximum absolute atomic E-state index is 11.7. The third-order valence-electron chi connectivity index (χ3n) is 2.16. The van der Waals surface area contributed by atoms with E-state index in [0.29, 0.717) is 11.3 Å². The fourth-order valence-corrected chi connectivity index (χ4v) is 1.56. The van der Waals surface area contributed by atoms with Gasteiger partial charge in [0.25, 0.3) is 5.89 Å². The molecule has 90 valence electrons. The van der Waals surface area contributed by atoms with Crippen molar-refractivity contribution in [3.63, 3.8) is 0 Å². The van der Waals surface area contributed by atoms with Gasteiger partial charge < -0.3 is 9.73 Å². The van der Waals surface area contributed by atoms with Gasteiger partial charge in [0.1, 0.15) is 18.3 Å². The third-order valence-corrected chi connectivity index (χ3v) is 2.44. The van der Waals surface area contributed by atoms with Gasteiger partial charge in [0.15, 0.2) is 5.65 Å². The standard InChI is InChI=1S/C9H5ClN6O2/c10-9-12-3-5(6-15-13-4-16(6)9)14-7(17)8-11-1-2-18-8/h1-4H,(H,14,17). The van der Waals surface area contributed by atoms with E-state index in [1.165, 1.54) is 29.4 Å². The Morgan fingerprint density at radius 1 is 1.44 bits per heavy atom. The number of anilines is 1. The highest BCUT2D eigenvalue weighted by atomic mass is 35.5. The summed E-state index contributed by atoms with van der Waals surface area (Å²) in [5.74, 6) is -0.559. The number of carbonyl (C=O) groups excluding carboxylic acids is 1. The molecule has 0 bridgehead atoms. The van der Waals surface area contributed by atoms with Gasteiger partial charge >= 0.3 is 5.91 Å². The monoisotopic (exact) mass is 264 g/mol. The van der Waals surface area contributed by atoms with E-state index in [2.05, 4.69) is 25.5 Å². The average molecular weight is 265 g/mol. The van der Waals surface area contributed by atoms with Crippen molar-refractivity contribution in [2.45, 2.75) is 0 Å². The van der Waals surface area contributed by atoms with Crippen molar-refractivity contribution in [1.82, 2.24) is 24.6 Å². The van der Waals surface area contributed by atoms with Crippen molar-refractivity contribution < 1.29 is 9.21 Å². The van der Waals surface area contributed by atoms with Crippen LogP contribution >= 0.6 is 11.6 Å². The van der Waals surface area contributed by atoms with Crippen LogP contribution < -0.4 is 5.32 Å². The number of carbonyl (C=O) groups is 1. The quantitative estimate of drug-likeness (QED) is 0.694. The first-order valence-electron chi connectivity index (χ1n) is 4.81. The van der Waals surface area contributed by atoms with Crippen LogP contribution in [0.25, 0.3) is 5.65 Å². The van der Waals surface area contributed by atoms with Gasteiger partial charge in [-0.1, -0.05) is 0 Å². The number of rotatable bonds is 2. The van der Waals surface area contributed by atoms with Gasteiger partial charge in [0, 0.05) is 0 Å². The molecule has 0 aliphatic rings. The number of halogens is 1. The summed E-state index contributed by atoms with van der Waals surface area (Å²) in [6, 6.07) is 0. The molecule has 18 heavy (non-hydrogen) atoms. The van der Waals surface area contributed by atoms with Crippen LogP contribution in [-0.2, 0) is 0 Å². The van der Waals surface area contributed by atoms with E-state index in [1.807, 2.05) is 0 Å². The largest absolute Gasteiger partial charge is 0.441 e. The van der Waals surface area contributed by atoms with E-state index < -0.39 is 5.91 Å². The Balaban J connectivity index is 1.98. The number of aromatic nitrogens is 5. The molecule has 0 unspecified atom stereocenters. The normalized spacial score (nSPS) is 10.7. The highest BCUT2D eigenvalue weighted by molar-refractivity contribution is 6.28. The van der Waals surface area contributed by atoms with Crippen LogP contribution in [0.15, 0.2) is 29.4 Å². The highest BCUT2D eigenvalue weighted by Crippen LogP contribution is 2.17. The molecule has 8 nitrogen and oxygen atoms in total. The summed E-state index contributed by atoms with van der Waals surface area (Å²) >= 11 is 5.83. The molecule has 3 heterocycles. The summed E-state index contributed by atoms with van der Waals surface area (Å²) in [5, 5.41) is 10.3. The number of nitrogens with zero attached hydrogens (tertiary/aromatic N) is 5. The van der Waals surface area contributed by atoms with Crippen LogP contribution in [0.4, 0.5) is 5.69 Å². The molecule has 3 rings (SSSR count). The summed E-state index contributed by atoms with van der Waals surface area (Å²) < 4.78 is 6.31. The van der Waals surface area contributed by atoms with Gasteiger partial charge in [-0.05, 0) is 11.6 Å². The predicted molar refractivity (Wildman–Crippen MR) is 60.2 cm³/mol. The summed E-state index contributed by atoms with van der Waals surface area (Å²) in [7, 11) is 0. The predicted octanol–water partition coefficient (Wildman–Crippen LogP) is 1.02. The third kappa shape index (κ3) is 1.68. The molecular formula is C9H5ClN6O2. The van der Waals surface area contributed by atoms with Crippen molar-refractivity contribution in [3.05, 3.63) is 36.2 Å². The van der Waals surface area contributed by atoms with Gasteiger partial charge in [-0.2, -0.15) is 0 Å². The van der Waals surface area contributed by atoms with Gasteiger partial charge in [-0.15, -0.1) is 10.2 Å². The Labute approximate surface area is 105 Å². The topological polar surface area (TPSA) is 98.2 Å². The average Bonchev–Trinajstić information content (AvgIpc) is 3.01. The van der Waals surface area contributed by atoms with Gasteiger partial charge in [0.05, 0.1) is 12.4 Å². The lowest BCUT2D eigenvalue weighted by atomic mass is 10.4. The number of fused-ring (bicyclic) bond motifs is 1. The zero-order valence-corrected chi connectivity index (χ0v) is 9.50. The summed E-state index contributed by atoms with van der Waals surface area (Å²) in [6.07, 6.45) is 5.46. The minimum Gasteiger partial charge on any atom is -0.441 e. The number of amides is 1. The minimum absolute atomic E-state index is 0.0531. The fourth-order valence-electron chi connectivity index (χ4n) is 1.39. The Bertz CT molecular complexity index is 707. The van der Waals surface area contributed by atoms with Crippen LogP contribution in [-0.4, -0.2) is 30.5 Å². The second kappa shape index (κ2) is 4.08. The lowest BCUT2D eigenvalue weighted by molar-refractivity contribution is 0.0990. The van der Waals surface area contributed by atoms with Crippen LogP contribution in [0.2, 0.25) is 5.28 Å². The van der Waals surface area contributed by atoms with Gasteiger partial charge in [-0.25, -0.2) is 9.97 Å². The fraction of sp³-hybridized carbons (Fsp3) is 0. The zero-order chi connectivity index (χ0) is 12.5. The van der Waals surface area contributed by atoms with E-state index in [4.69, 9.17) is 16.0 Å². The lowest BCUT2D eigenvalue weighted by Crippen LogP contribution is -2.13. The van der Waals surface area contributed by atoms with Crippen molar-refractivity contribution in [3.8, 4) is 0 Å². The number of oxazole rings is 1. The molecule has 0 aromatic carbocycles. The number of nitrogens with one attached hydrogen (secondary N) is 1. The van der Waals surface area contributed by atoms with Gasteiger partial charge in [-0.3, -0.25) is 9.20 Å². The number of hydrogen-bond donors (Lipinski definition) is 1. The molecule has 9 heteroatoms. The molecule has 0 atom stereocenters. The van der Waals surface area contributed by atoms with E-state index in [0.717, 1.165) is 0 Å². The van der Waals surface area contributed by atoms with Crippen LogP contribution in [0.1, 0.15) is 10.7 Å². The summed E-state index contributed by atoms with van der Waals surface area (Å²) in [6.45, 7) is 0. The second-order valence-electron chi connectivity index (χ2n) is 3.26.